The van der Waals surface area contributed by atoms with Gasteiger partial charge in [0.25, 0.3) is 0 Å². The highest BCUT2D eigenvalue weighted by atomic mass is 127. The Hall–Kier alpha value is -0.290. The Morgan fingerprint density at radius 2 is 2.09 bits per heavy atom. The van der Waals surface area contributed by atoms with Crippen molar-refractivity contribution in [2.75, 3.05) is 46.4 Å². The Morgan fingerprint density at radius 3 is 2.64 bits per heavy atom. The summed E-state index contributed by atoms with van der Waals surface area (Å²) in [5.74, 6) is 0.619. The molecule has 0 amide bonds. The zero-order valence-corrected chi connectivity index (χ0v) is 15.4. The van der Waals surface area contributed by atoms with Crippen molar-refractivity contribution in [3.8, 4) is 0 Å². The van der Waals surface area contributed by atoms with Crippen LogP contribution in [0.3, 0.4) is 0 Å². The largest absolute Gasteiger partial charge is 0.401 e. The van der Waals surface area contributed by atoms with Crippen LogP contribution in [0.5, 0.6) is 0 Å². The molecule has 22 heavy (non-hydrogen) atoms. The SMILES string of the molecule is CCNC(=NCC1CCCO1)NCCN(C)CC(F)(F)F.I. The van der Waals surface area contributed by atoms with E-state index < -0.39 is 12.7 Å². The molecular weight excluding hydrogens is 412 g/mol. The molecule has 0 saturated carbocycles. The van der Waals surface area contributed by atoms with Gasteiger partial charge in [-0.05, 0) is 26.8 Å². The lowest BCUT2D eigenvalue weighted by molar-refractivity contribution is -0.142. The molecule has 2 N–H and O–H groups in total. The van der Waals surface area contributed by atoms with Crippen molar-refractivity contribution in [3.63, 3.8) is 0 Å². The maximum Gasteiger partial charge on any atom is 0.401 e. The Labute approximate surface area is 147 Å². The second kappa shape index (κ2) is 11.3. The normalized spacial score (nSPS) is 19.2. The monoisotopic (exact) mass is 438 g/mol. The lowest BCUT2D eigenvalue weighted by Crippen LogP contribution is -2.42. The standard InChI is InChI=1S/C13H25F3N4O.HI/c1-3-17-12(19-9-11-5-4-8-21-11)18-6-7-20(2)10-13(14,15)16;/h11H,3-10H2,1-2H3,(H2,17,18,19);1H. The quantitative estimate of drug-likeness (QED) is 0.362. The van der Waals surface area contributed by atoms with Crippen LogP contribution >= 0.6 is 24.0 Å². The minimum atomic E-state index is -4.16. The summed E-state index contributed by atoms with van der Waals surface area (Å²) < 4.78 is 42.1. The number of halogens is 4. The van der Waals surface area contributed by atoms with Gasteiger partial charge in [0, 0.05) is 26.2 Å². The van der Waals surface area contributed by atoms with Crippen LogP contribution < -0.4 is 10.6 Å². The number of hydrogen-bond donors (Lipinski definition) is 2. The molecule has 1 fully saturated rings. The van der Waals surface area contributed by atoms with E-state index >= 15 is 0 Å². The minimum Gasteiger partial charge on any atom is -0.376 e. The molecule has 1 saturated heterocycles. The van der Waals surface area contributed by atoms with Crippen LogP contribution in [0.25, 0.3) is 0 Å². The first-order valence-corrected chi connectivity index (χ1v) is 7.30. The van der Waals surface area contributed by atoms with Crippen LogP contribution in [0.2, 0.25) is 0 Å². The van der Waals surface area contributed by atoms with Crippen molar-refractivity contribution >= 4 is 29.9 Å². The first-order valence-electron chi connectivity index (χ1n) is 7.30. The number of rotatable bonds is 7. The average Bonchev–Trinajstić information content (AvgIpc) is 2.86. The molecule has 0 spiro atoms. The number of nitrogens with one attached hydrogen (secondary N) is 2. The molecule has 1 atom stereocenters. The van der Waals surface area contributed by atoms with Crippen LogP contribution in [0.15, 0.2) is 4.99 Å². The van der Waals surface area contributed by atoms with Gasteiger partial charge in [-0.15, -0.1) is 24.0 Å². The van der Waals surface area contributed by atoms with E-state index in [0.29, 0.717) is 32.1 Å². The molecule has 5 nitrogen and oxygen atoms in total. The highest BCUT2D eigenvalue weighted by Crippen LogP contribution is 2.15. The van der Waals surface area contributed by atoms with Gasteiger partial charge in [0.2, 0.25) is 0 Å². The summed E-state index contributed by atoms with van der Waals surface area (Å²) in [5, 5.41) is 6.11. The molecule has 9 heteroatoms. The van der Waals surface area contributed by atoms with Gasteiger partial charge >= 0.3 is 6.18 Å². The molecule has 0 aromatic carbocycles. The van der Waals surface area contributed by atoms with Crippen molar-refractivity contribution < 1.29 is 17.9 Å². The van der Waals surface area contributed by atoms with Crippen molar-refractivity contribution in [2.24, 2.45) is 4.99 Å². The second-order valence-corrected chi connectivity index (χ2v) is 5.13. The molecule has 0 aliphatic carbocycles. The molecule has 0 radical (unpaired) electrons. The van der Waals surface area contributed by atoms with Gasteiger partial charge in [0.05, 0.1) is 19.2 Å². The van der Waals surface area contributed by atoms with Gasteiger partial charge in [-0.1, -0.05) is 0 Å². The molecule has 0 aromatic heterocycles. The van der Waals surface area contributed by atoms with Crippen molar-refractivity contribution in [1.29, 1.82) is 0 Å². The van der Waals surface area contributed by atoms with E-state index in [9.17, 15) is 13.2 Å². The predicted molar refractivity (Wildman–Crippen MR) is 91.9 cm³/mol. The summed E-state index contributed by atoms with van der Waals surface area (Å²) in [6.07, 6.45) is -1.93. The summed E-state index contributed by atoms with van der Waals surface area (Å²) in [6.45, 7) is 3.81. The molecule has 1 aliphatic heterocycles. The second-order valence-electron chi connectivity index (χ2n) is 5.13. The molecule has 1 unspecified atom stereocenters. The maximum atomic E-state index is 12.2. The molecular formula is C13H26F3IN4O. The van der Waals surface area contributed by atoms with Gasteiger partial charge in [0.15, 0.2) is 5.96 Å². The number of alkyl halides is 3. The lowest BCUT2D eigenvalue weighted by atomic mass is 10.2. The third kappa shape index (κ3) is 10.4. The van der Waals surface area contributed by atoms with Gasteiger partial charge in [-0.25, -0.2) is 0 Å². The van der Waals surface area contributed by atoms with E-state index in [1.807, 2.05) is 6.92 Å². The fourth-order valence-electron chi connectivity index (χ4n) is 2.07. The number of nitrogens with zero attached hydrogens (tertiary/aromatic N) is 2. The van der Waals surface area contributed by atoms with E-state index in [-0.39, 0.29) is 30.1 Å². The molecule has 0 aromatic rings. The number of guanidine groups is 1. The van der Waals surface area contributed by atoms with Crippen LogP contribution in [0, 0.1) is 0 Å². The summed E-state index contributed by atoms with van der Waals surface area (Å²) >= 11 is 0. The predicted octanol–water partition coefficient (Wildman–Crippen LogP) is 1.83. The van der Waals surface area contributed by atoms with E-state index in [2.05, 4.69) is 15.6 Å². The van der Waals surface area contributed by atoms with Crippen LogP contribution in [0.4, 0.5) is 13.2 Å². The fraction of sp³-hybridized carbons (Fsp3) is 0.923. The molecule has 132 valence electrons. The van der Waals surface area contributed by atoms with Crippen LogP contribution in [-0.4, -0.2) is 69.5 Å². The van der Waals surface area contributed by atoms with Gasteiger partial charge in [-0.3, -0.25) is 9.89 Å². The Morgan fingerprint density at radius 1 is 1.36 bits per heavy atom. The zero-order chi connectivity index (χ0) is 15.7. The van der Waals surface area contributed by atoms with E-state index in [1.165, 1.54) is 11.9 Å². The first-order chi connectivity index (χ1) is 9.90. The number of likely N-dealkylation sites (N-methyl/N-ethyl adjacent to an activating group) is 1. The lowest BCUT2D eigenvalue weighted by Gasteiger charge is -2.19. The van der Waals surface area contributed by atoms with Gasteiger partial charge in [-0.2, -0.15) is 13.2 Å². The fourth-order valence-corrected chi connectivity index (χ4v) is 2.07. The number of hydrogen-bond acceptors (Lipinski definition) is 3. The zero-order valence-electron chi connectivity index (χ0n) is 13.1. The van der Waals surface area contributed by atoms with Crippen molar-refractivity contribution in [1.82, 2.24) is 15.5 Å². The number of ether oxygens (including phenoxy) is 1. The van der Waals surface area contributed by atoms with Crippen molar-refractivity contribution in [3.05, 3.63) is 0 Å². The summed E-state index contributed by atoms with van der Waals surface area (Å²) in [7, 11) is 1.45. The van der Waals surface area contributed by atoms with Gasteiger partial charge in [0.1, 0.15) is 0 Å². The third-order valence-electron chi connectivity index (χ3n) is 3.06. The summed E-state index contributed by atoms with van der Waals surface area (Å²) in [6, 6.07) is 0. The third-order valence-corrected chi connectivity index (χ3v) is 3.06. The van der Waals surface area contributed by atoms with E-state index in [0.717, 1.165) is 19.4 Å². The summed E-state index contributed by atoms with van der Waals surface area (Å²) in [4.78, 5) is 5.63. The maximum absolute atomic E-state index is 12.2. The molecule has 1 aliphatic rings. The minimum absolute atomic E-state index is 0. The highest BCUT2D eigenvalue weighted by molar-refractivity contribution is 14.0. The van der Waals surface area contributed by atoms with Crippen molar-refractivity contribution in [2.45, 2.75) is 32.0 Å². The van der Waals surface area contributed by atoms with E-state index in [4.69, 9.17) is 4.74 Å². The molecule has 1 heterocycles. The van der Waals surface area contributed by atoms with Crippen LogP contribution in [0.1, 0.15) is 19.8 Å². The van der Waals surface area contributed by atoms with Crippen LogP contribution in [-0.2, 0) is 4.74 Å². The Kier molecular flexibility index (Phi) is 11.1. The van der Waals surface area contributed by atoms with E-state index in [1.54, 1.807) is 0 Å². The summed E-state index contributed by atoms with van der Waals surface area (Å²) in [5.41, 5.74) is 0. The molecule has 0 bridgehead atoms. The Bertz CT molecular complexity index is 323. The number of aliphatic imine (C=N–C) groups is 1. The Balaban J connectivity index is 0.00000441. The topological polar surface area (TPSA) is 48.9 Å². The molecule has 1 rings (SSSR count). The average molecular weight is 438 g/mol. The highest BCUT2D eigenvalue weighted by Gasteiger charge is 2.28. The van der Waals surface area contributed by atoms with Gasteiger partial charge < -0.3 is 15.4 Å². The smallest absolute Gasteiger partial charge is 0.376 e. The first kappa shape index (κ1) is 21.7.